The Morgan fingerprint density at radius 3 is 2.76 bits per heavy atom. The number of carboxylic acid groups (broad SMARTS) is 1. The fraction of sp³-hybridized carbons (Fsp3) is 0.0909. The second-order valence-corrected chi connectivity index (χ2v) is 3.62. The minimum absolute atomic E-state index is 0.119. The Morgan fingerprint density at radius 2 is 2.12 bits per heavy atom. The van der Waals surface area contributed by atoms with E-state index in [0.29, 0.717) is 5.39 Å². The number of fused-ring (bicyclic) bond motifs is 1. The third kappa shape index (κ3) is 1.80. The summed E-state index contributed by atoms with van der Waals surface area (Å²) in [6, 6.07) is 4.55. The standard InChI is InChI=1S/C11H10N2O4/c12-9-6(4-8(15)16)5-2-1-3-7(14)10(5)13-11(9)17/h1-3,14H,4,12H2,(H,13,17)(H,15,16). The van der Waals surface area contributed by atoms with Crippen LogP contribution in [0.25, 0.3) is 10.9 Å². The Hall–Kier alpha value is -2.50. The van der Waals surface area contributed by atoms with Crippen LogP contribution >= 0.6 is 0 Å². The quantitative estimate of drug-likeness (QED) is 0.601. The van der Waals surface area contributed by atoms with E-state index in [9.17, 15) is 14.7 Å². The van der Waals surface area contributed by atoms with Gasteiger partial charge in [-0.3, -0.25) is 9.59 Å². The van der Waals surface area contributed by atoms with E-state index in [1.807, 2.05) is 0 Å². The molecule has 2 rings (SSSR count). The number of aromatic amines is 1. The zero-order valence-corrected chi connectivity index (χ0v) is 8.73. The highest BCUT2D eigenvalue weighted by atomic mass is 16.4. The molecule has 0 radical (unpaired) electrons. The van der Waals surface area contributed by atoms with Crippen molar-refractivity contribution in [1.29, 1.82) is 0 Å². The fourth-order valence-corrected chi connectivity index (χ4v) is 1.73. The average Bonchev–Trinajstić information content (AvgIpc) is 2.26. The van der Waals surface area contributed by atoms with Gasteiger partial charge in [0.15, 0.2) is 0 Å². The summed E-state index contributed by atoms with van der Waals surface area (Å²) in [4.78, 5) is 24.6. The normalized spacial score (nSPS) is 10.6. The molecule has 0 amide bonds. The van der Waals surface area contributed by atoms with E-state index >= 15 is 0 Å². The molecule has 0 aliphatic rings. The maximum Gasteiger partial charge on any atom is 0.307 e. The molecule has 1 aromatic heterocycles. The smallest absolute Gasteiger partial charge is 0.307 e. The summed E-state index contributed by atoms with van der Waals surface area (Å²) in [7, 11) is 0. The molecule has 0 fully saturated rings. The van der Waals surface area contributed by atoms with E-state index < -0.39 is 11.5 Å². The third-order valence-corrected chi connectivity index (χ3v) is 2.50. The van der Waals surface area contributed by atoms with E-state index in [1.54, 1.807) is 12.1 Å². The summed E-state index contributed by atoms with van der Waals surface area (Å²) in [6.07, 6.45) is -0.365. The van der Waals surface area contributed by atoms with Gasteiger partial charge in [0.2, 0.25) is 0 Å². The Bertz CT molecular complexity index is 660. The maximum absolute atomic E-state index is 11.5. The number of rotatable bonds is 2. The van der Waals surface area contributed by atoms with Crippen LogP contribution in [-0.4, -0.2) is 21.2 Å². The zero-order chi connectivity index (χ0) is 12.6. The van der Waals surface area contributed by atoms with Crippen LogP contribution in [0.1, 0.15) is 5.56 Å². The second-order valence-electron chi connectivity index (χ2n) is 3.62. The van der Waals surface area contributed by atoms with Crippen molar-refractivity contribution in [2.75, 3.05) is 5.73 Å². The molecule has 1 aromatic carbocycles. The molecule has 6 heteroatoms. The Balaban J connectivity index is 2.87. The number of benzene rings is 1. The van der Waals surface area contributed by atoms with Gasteiger partial charge in [0.1, 0.15) is 11.4 Å². The number of phenolic OH excluding ortho intramolecular Hbond substituents is 1. The second kappa shape index (κ2) is 3.82. The number of pyridine rings is 1. The number of nitrogens with one attached hydrogen (secondary N) is 1. The van der Waals surface area contributed by atoms with E-state index in [1.165, 1.54) is 6.07 Å². The number of hydrogen-bond donors (Lipinski definition) is 4. The number of aliphatic carboxylic acids is 1. The predicted octanol–water partition coefficient (Wildman–Crippen LogP) is 0.443. The molecule has 1 heterocycles. The molecule has 0 spiro atoms. The lowest BCUT2D eigenvalue weighted by atomic mass is 10.0. The summed E-state index contributed by atoms with van der Waals surface area (Å²) in [5, 5.41) is 18.8. The monoisotopic (exact) mass is 234 g/mol. The molecule has 0 aliphatic heterocycles. The summed E-state index contributed by atoms with van der Waals surface area (Å²) in [5.41, 5.74) is 5.24. The largest absolute Gasteiger partial charge is 0.506 e. The van der Waals surface area contributed by atoms with Gasteiger partial charge in [-0.15, -0.1) is 0 Å². The van der Waals surface area contributed by atoms with Gasteiger partial charge in [0.25, 0.3) is 5.56 Å². The molecule has 88 valence electrons. The highest BCUT2D eigenvalue weighted by molar-refractivity contribution is 5.92. The first-order valence-corrected chi connectivity index (χ1v) is 4.85. The van der Waals surface area contributed by atoms with Crippen LogP contribution in [0.2, 0.25) is 0 Å². The molecule has 0 bridgehead atoms. The first-order chi connectivity index (χ1) is 8.00. The number of nitrogen functional groups attached to an aromatic ring is 1. The molecule has 0 saturated heterocycles. The van der Waals surface area contributed by atoms with Crippen molar-refractivity contribution < 1.29 is 15.0 Å². The van der Waals surface area contributed by atoms with Crippen LogP contribution in [0.15, 0.2) is 23.0 Å². The number of nitrogens with two attached hydrogens (primary N) is 1. The fourth-order valence-electron chi connectivity index (χ4n) is 1.73. The minimum atomic E-state index is -1.09. The molecular weight excluding hydrogens is 224 g/mol. The van der Waals surface area contributed by atoms with Crippen LogP contribution in [-0.2, 0) is 11.2 Å². The molecule has 2 aromatic rings. The molecule has 17 heavy (non-hydrogen) atoms. The van der Waals surface area contributed by atoms with Crippen molar-refractivity contribution in [1.82, 2.24) is 4.98 Å². The molecular formula is C11H10N2O4. The van der Waals surface area contributed by atoms with Gasteiger partial charge in [-0.25, -0.2) is 0 Å². The summed E-state index contributed by atoms with van der Waals surface area (Å²) >= 11 is 0. The van der Waals surface area contributed by atoms with Gasteiger partial charge in [-0.05, 0) is 6.07 Å². The SMILES string of the molecule is Nc1c(CC(=O)O)c2cccc(O)c2[nH]c1=O. The Morgan fingerprint density at radius 1 is 1.41 bits per heavy atom. The van der Waals surface area contributed by atoms with Gasteiger partial charge in [-0.2, -0.15) is 0 Å². The van der Waals surface area contributed by atoms with Gasteiger partial charge < -0.3 is 20.9 Å². The van der Waals surface area contributed by atoms with Crippen molar-refractivity contribution in [3.05, 3.63) is 34.1 Å². The van der Waals surface area contributed by atoms with Crippen molar-refractivity contribution in [3.8, 4) is 5.75 Å². The summed E-state index contributed by atoms with van der Waals surface area (Å²) < 4.78 is 0. The Kier molecular flexibility index (Phi) is 2.47. The summed E-state index contributed by atoms with van der Waals surface area (Å²) in [5.74, 6) is -1.21. The van der Waals surface area contributed by atoms with Crippen LogP contribution in [0.3, 0.4) is 0 Å². The van der Waals surface area contributed by atoms with Gasteiger partial charge >= 0.3 is 5.97 Å². The van der Waals surface area contributed by atoms with Crippen LogP contribution in [0, 0.1) is 0 Å². The van der Waals surface area contributed by atoms with Crippen LogP contribution < -0.4 is 11.3 Å². The lowest BCUT2D eigenvalue weighted by Crippen LogP contribution is -2.17. The third-order valence-electron chi connectivity index (χ3n) is 2.50. The highest BCUT2D eigenvalue weighted by Crippen LogP contribution is 2.26. The lowest BCUT2D eigenvalue weighted by Gasteiger charge is -2.08. The highest BCUT2D eigenvalue weighted by Gasteiger charge is 2.14. The molecule has 0 saturated carbocycles. The molecule has 0 unspecified atom stereocenters. The van der Waals surface area contributed by atoms with E-state index in [2.05, 4.69) is 4.98 Å². The van der Waals surface area contributed by atoms with E-state index in [4.69, 9.17) is 10.8 Å². The number of hydrogen-bond acceptors (Lipinski definition) is 4. The van der Waals surface area contributed by atoms with Gasteiger partial charge in [-0.1, -0.05) is 12.1 Å². The van der Waals surface area contributed by atoms with Gasteiger partial charge in [0, 0.05) is 10.9 Å². The van der Waals surface area contributed by atoms with Crippen LogP contribution in [0.4, 0.5) is 5.69 Å². The van der Waals surface area contributed by atoms with Crippen LogP contribution in [0.5, 0.6) is 5.75 Å². The maximum atomic E-state index is 11.5. The van der Waals surface area contributed by atoms with Gasteiger partial charge in [0.05, 0.1) is 11.9 Å². The van der Waals surface area contributed by atoms with Crippen molar-refractivity contribution in [2.45, 2.75) is 6.42 Å². The first kappa shape index (κ1) is 11.0. The number of aromatic nitrogens is 1. The number of H-pyrrole nitrogens is 1. The molecule has 6 nitrogen and oxygen atoms in total. The van der Waals surface area contributed by atoms with Crippen molar-refractivity contribution in [2.24, 2.45) is 0 Å². The molecule has 0 atom stereocenters. The number of anilines is 1. The number of phenols is 1. The van der Waals surface area contributed by atoms with Crippen molar-refractivity contribution >= 4 is 22.6 Å². The topological polar surface area (TPSA) is 116 Å². The lowest BCUT2D eigenvalue weighted by molar-refractivity contribution is -0.136. The Labute approximate surface area is 95.3 Å². The minimum Gasteiger partial charge on any atom is -0.506 e. The number of para-hydroxylation sites is 1. The predicted molar refractivity (Wildman–Crippen MR) is 62.0 cm³/mol. The van der Waals surface area contributed by atoms with E-state index in [0.717, 1.165) is 0 Å². The molecule has 5 N–H and O–H groups in total. The molecule has 0 aliphatic carbocycles. The summed E-state index contributed by atoms with van der Waals surface area (Å²) in [6.45, 7) is 0. The number of carbonyl (C=O) groups is 1. The number of carboxylic acids is 1. The first-order valence-electron chi connectivity index (χ1n) is 4.85. The van der Waals surface area contributed by atoms with E-state index in [-0.39, 0.29) is 28.9 Å². The van der Waals surface area contributed by atoms with Crippen molar-refractivity contribution in [3.63, 3.8) is 0 Å². The zero-order valence-electron chi connectivity index (χ0n) is 8.73. The average molecular weight is 234 g/mol. The number of aromatic hydroxyl groups is 1.